The quantitative estimate of drug-likeness (QED) is 0.800. The molecule has 1 N–H and O–H groups in total. The van der Waals surface area contributed by atoms with Gasteiger partial charge in [0.15, 0.2) is 6.23 Å². The summed E-state index contributed by atoms with van der Waals surface area (Å²) in [6.07, 6.45) is 2.93. The molecule has 0 saturated carbocycles. The van der Waals surface area contributed by atoms with Gasteiger partial charge in [0.05, 0.1) is 17.0 Å². The zero-order valence-electron chi connectivity index (χ0n) is 14.1. The van der Waals surface area contributed by atoms with E-state index >= 15 is 0 Å². The van der Waals surface area contributed by atoms with Gasteiger partial charge in [0.2, 0.25) is 0 Å². The summed E-state index contributed by atoms with van der Waals surface area (Å²) >= 11 is 0. The number of hydrogen-bond acceptors (Lipinski definition) is 5. The van der Waals surface area contributed by atoms with Crippen LogP contribution >= 0.6 is 0 Å². The van der Waals surface area contributed by atoms with Crippen molar-refractivity contribution in [2.45, 2.75) is 52.0 Å². The Kier molecular flexibility index (Phi) is 2.73. The molecule has 1 atom stereocenters. The molecule has 0 aliphatic carbocycles. The third-order valence-electron chi connectivity index (χ3n) is 4.70. The maximum absolute atomic E-state index is 10.7. The lowest BCUT2D eigenvalue weighted by Gasteiger charge is -2.38. The monoisotopic (exact) mass is 311 g/mol. The van der Waals surface area contributed by atoms with Gasteiger partial charge in [-0.25, -0.2) is 4.99 Å². The van der Waals surface area contributed by atoms with Crippen molar-refractivity contribution in [3.05, 3.63) is 47.1 Å². The van der Waals surface area contributed by atoms with Crippen molar-refractivity contribution in [3.8, 4) is 0 Å². The third kappa shape index (κ3) is 1.87. The van der Waals surface area contributed by atoms with Crippen molar-refractivity contribution in [3.63, 3.8) is 0 Å². The number of nitrogens with zero attached hydrogens (tertiary/aromatic N) is 3. The predicted octanol–water partition coefficient (Wildman–Crippen LogP) is 2.68. The Balaban J connectivity index is 1.98. The lowest BCUT2D eigenvalue weighted by molar-refractivity contribution is -0.0645. The van der Waals surface area contributed by atoms with Crippen molar-refractivity contribution in [2.75, 3.05) is 0 Å². The van der Waals surface area contributed by atoms with E-state index in [2.05, 4.69) is 14.9 Å². The molecule has 0 saturated heterocycles. The van der Waals surface area contributed by atoms with Gasteiger partial charge < -0.3 is 14.7 Å². The normalized spacial score (nSPS) is 27.0. The van der Waals surface area contributed by atoms with Gasteiger partial charge in [0.1, 0.15) is 11.4 Å². The van der Waals surface area contributed by atoms with Crippen LogP contribution in [0.5, 0.6) is 0 Å². The van der Waals surface area contributed by atoms with Crippen molar-refractivity contribution >= 4 is 11.4 Å². The van der Waals surface area contributed by atoms with Gasteiger partial charge >= 0.3 is 0 Å². The number of amidine groups is 1. The zero-order chi connectivity index (χ0) is 16.6. The summed E-state index contributed by atoms with van der Waals surface area (Å²) in [6.45, 7) is 10.1. The largest absolute Gasteiger partial charge is 0.368 e. The first kappa shape index (κ1) is 14.6. The lowest BCUT2D eigenvalue weighted by Crippen LogP contribution is -2.42. The third-order valence-corrected chi connectivity index (χ3v) is 4.70. The van der Waals surface area contributed by atoms with Gasteiger partial charge in [0.25, 0.3) is 0 Å². The fraction of sp³-hybridized carbons (Fsp3) is 0.444. The van der Waals surface area contributed by atoms with Crippen LogP contribution < -0.4 is 0 Å². The molecule has 3 aliphatic heterocycles. The summed E-state index contributed by atoms with van der Waals surface area (Å²) in [5, 5.41) is 10.7. The molecule has 0 bridgehead atoms. The van der Waals surface area contributed by atoms with Gasteiger partial charge in [-0.3, -0.25) is 4.98 Å². The van der Waals surface area contributed by atoms with Crippen molar-refractivity contribution in [1.29, 1.82) is 0 Å². The van der Waals surface area contributed by atoms with E-state index in [1.54, 1.807) is 6.20 Å². The molecule has 1 aromatic rings. The van der Waals surface area contributed by atoms with E-state index in [1.807, 2.05) is 53.0 Å². The van der Waals surface area contributed by atoms with E-state index in [1.165, 1.54) is 0 Å². The van der Waals surface area contributed by atoms with Crippen molar-refractivity contribution in [2.24, 2.45) is 4.99 Å². The molecule has 0 spiro atoms. The minimum atomic E-state index is -0.895. The fourth-order valence-corrected chi connectivity index (χ4v) is 4.03. The molecule has 1 aromatic heterocycles. The molecule has 5 nitrogen and oxygen atoms in total. The van der Waals surface area contributed by atoms with E-state index in [4.69, 9.17) is 4.74 Å². The number of hydrogen-bond donors (Lipinski definition) is 1. The summed E-state index contributed by atoms with van der Waals surface area (Å²) in [5.41, 5.74) is 3.69. The molecular formula is C18H21N3O2. The van der Waals surface area contributed by atoms with E-state index in [-0.39, 0.29) is 0 Å². The Labute approximate surface area is 136 Å². The number of ether oxygens (including phenoxy) is 1. The molecule has 23 heavy (non-hydrogen) atoms. The topological polar surface area (TPSA) is 58.0 Å². The summed E-state index contributed by atoms with van der Waals surface area (Å²) in [6, 6.07) is 3.89. The van der Waals surface area contributed by atoms with Crippen molar-refractivity contribution in [1.82, 2.24) is 9.88 Å². The lowest BCUT2D eigenvalue weighted by atomic mass is 9.89. The van der Waals surface area contributed by atoms with Crippen molar-refractivity contribution < 1.29 is 9.84 Å². The van der Waals surface area contributed by atoms with Crippen LogP contribution in [0.4, 0.5) is 0 Å². The Bertz CT molecular complexity index is 802. The van der Waals surface area contributed by atoms with Gasteiger partial charge in [-0.2, -0.15) is 0 Å². The molecule has 1 unspecified atom stereocenters. The van der Waals surface area contributed by atoms with Crippen LogP contribution in [0.2, 0.25) is 0 Å². The SMILES string of the molecule is CC1=CN2C(=NC(O)C3=C2C(C)(C)OC3(C)C)c2cccnc21. The average molecular weight is 311 g/mol. The van der Waals surface area contributed by atoms with Crippen LogP contribution in [-0.4, -0.2) is 38.3 Å². The molecule has 0 radical (unpaired) electrons. The second-order valence-corrected chi connectivity index (χ2v) is 7.29. The molecule has 120 valence electrons. The highest BCUT2D eigenvalue weighted by Gasteiger charge is 2.52. The van der Waals surface area contributed by atoms with Crippen LogP contribution in [-0.2, 0) is 4.74 Å². The highest BCUT2D eigenvalue weighted by Crippen LogP contribution is 2.49. The van der Waals surface area contributed by atoms with E-state index in [0.717, 1.165) is 33.9 Å². The minimum Gasteiger partial charge on any atom is -0.368 e. The number of pyridine rings is 1. The van der Waals surface area contributed by atoms with Crippen LogP contribution in [0, 0.1) is 0 Å². The van der Waals surface area contributed by atoms with Crippen LogP contribution in [0.25, 0.3) is 5.57 Å². The van der Waals surface area contributed by atoms with E-state index < -0.39 is 17.4 Å². The maximum atomic E-state index is 10.7. The average Bonchev–Trinajstić information content (AvgIpc) is 2.66. The molecular weight excluding hydrogens is 290 g/mol. The van der Waals surface area contributed by atoms with Gasteiger partial charge in [-0.05, 0) is 52.3 Å². The minimum absolute atomic E-state index is 0.502. The molecule has 3 aliphatic rings. The molecule has 5 heteroatoms. The second kappa shape index (κ2) is 4.30. The van der Waals surface area contributed by atoms with Gasteiger partial charge in [-0.1, -0.05) is 0 Å². The van der Waals surface area contributed by atoms with Gasteiger partial charge in [0, 0.05) is 23.5 Å². The Morgan fingerprint density at radius 3 is 2.70 bits per heavy atom. The smallest absolute Gasteiger partial charge is 0.174 e. The number of rotatable bonds is 0. The van der Waals surface area contributed by atoms with Crippen LogP contribution in [0.1, 0.15) is 45.9 Å². The fourth-order valence-electron chi connectivity index (χ4n) is 4.03. The first-order valence-electron chi connectivity index (χ1n) is 7.87. The number of allylic oxidation sites excluding steroid dienone is 1. The number of aliphatic hydroxyl groups excluding tert-OH is 1. The van der Waals surface area contributed by atoms with Crippen LogP contribution in [0.15, 0.2) is 40.8 Å². The van der Waals surface area contributed by atoms with Gasteiger partial charge in [-0.15, -0.1) is 0 Å². The zero-order valence-corrected chi connectivity index (χ0v) is 14.1. The summed E-state index contributed by atoms with van der Waals surface area (Å²) in [5.74, 6) is 0.735. The summed E-state index contributed by atoms with van der Waals surface area (Å²) in [4.78, 5) is 11.1. The molecule has 0 fully saturated rings. The molecule has 0 amide bonds. The number of aliphatic imine (C=N–C) groups is 1. The Morgan fingerprint density at radius 1 is 1.22 bits per heavy atom. The summed E-state index contributed by atoms with van der Waals surface area (Å²) < 4.78 is 6.23. The molecule has 4 heterocycles. The Hall–Kier alpha value is -1.98. The second-order valence-electron chi connectivity index (χ2n) is 7.29. The summed E-state index contributed by atoms with van der Waals surface area (Å²) in [7, 11) is 0. The predicted molar refractivity (Wildman–Crippen MR) is 88.5 cm³/mol. The maximum Gasteiger partial charge on any atom is 0.174 e. The van der Waals surface area contributed by atoms with E-state index in [9.17, 15) is 5.11 Å². The first-order chi connectivity index (χ1) is 10.7. The first-order valence-corrected chi connectivity index (χ1v) is 7.87. The standard InChI is InChI=1S/C18H21N3O2/c1-10-9-21-14-12(17(2,3)23-18(14,4)5)16(22)20-15(21)11-7-6-8-19-13(10)11/h6-9,16,22H,1-5H3. The number of fused-ring (bicyclic) bond motifs is 4. The number of aromatic nitrogens is 1. The molecule has 0 aromatic carbocycles. The highest BCUT2D eigenvalue weighted by molar-refractivity contribution is 6.07. The number of aliphatic hydroxyl groups is 1. The molecule has 4 rings (SSSR count). The van der Waals surface area contributed by atoms with Crippen LogP contribution in [0.3, 0.4) is 0 Å². The Morgan fingerprint density at radius 2 is 1.96 bits per heavy atom. The van der Waals surface area contributed by atoms with E-state index in [0.29, 0.717) is 0 Å². The highest BCUT2D eigenvalue weighted by atomic mass is 16.5.